The van der Waals surface area contributed by atoms with Crippen LogP contribution >= 0.6 is 0 Å². The first kappa shape index (κ1) is 25.5. The van der Waals surface area contributed by atoms with Crippen LogP contribution in [0.25, 0.3) is 0 Å². The first-order valence-electron chi connectivity index (χ1n) is 11.6. The maximum atomic E-state index is 9.82. The molecule has 0 amide bonds. The Morgan fingerprint density at radius 3 is 1.68 bits per heavy atom. The third-order valence-corrected chi connectivity index (χ3v) is 5.89. The highest BCUT2D eigenvalue weighted by Crippen LogP contribution is 2.34. The van der Waals surface area contributed by atoms with Crippen LogP contribution in [0.5, 0.6) is 0 Å². The van der Waals surface area contributed by atoms with Crippen molar-refractivity contribution in [2.24, 2.45) is 0 Å². The van der Waals surface area contributed by atoms with E-state index in [0.717, 1.165) is 32.2 Å². The Labute approximate surface area is 187 Å². The van der Waals surface area contributed by atoms with E-state index in [2.05, 4.69) is 49.8 Å². The maximum Gasteiger partial charge on any atom is 0.233 e. The lowest BCUT2D eigenvalue weighted by Crippen LogP contribution is -2.62. The second-order valence-electron chi connectivity index (χ2n) is 9.73. The third-order valence-electron chi connectivity index (χ3n) is 5.89. The SMILES string of the molecule is CCCCN(c1nc(N(CC)CO)nc(N(CC)CO)n1)C1CC(C)(C)NC(C)(C)C1. The van der Waals surface area contributed by atoms with E-state index in [4.69, 9.17) is 9.97 Å². The molecule has 0 spiro atoms. The van der Waals surface area contributed by atoms with E-state index in [1.165, 1.54) is 0 Å². The van der Waals surface area contributed by atoms with Gasteiger partial charge < -0.3 is 30.2 Å². The van der Waals surface area contributed by atoms with E-state index >= 15 is 0 Å². The molecule has 1 aliphatic heterocycles. The summed E-state index contributed by atoms with van der Waals surface area (Å²) in [4.78, 5) is 19.9. The average molecular weight is 438 g/mol. The highest BCUT2D eigenvalue weighted by Gasteiger charge is 2.40. The summed E-state index contributed by atoms with van der Waals surface area (Å²) in [5, 5.41) is 23.4. The molecule has 2 rings (SSSR count). The predicted molar refractivity (Wildman–Crippen MR) is 127 cm³/mol. The van der Waals surface area contributed by atoms with E-state index < -0.39 is 0 Å². The Kier molecular flexibility index (Phi) is 8.85. The Hall–Kier alpha value is -1.71. The van der Waals surface area contributed by atoms with Crippen molar-refractivity contribution in [3.05, 3.63) is 0 Å². The van der Waals surface area contributed by atoms with Crippen molar-refractivity contribution in [2.75, 3.05) is 47.8 Å². The minimum Gasteiger partial charge on any atom is -0.376 e. The number of anilines is 3. The Morgan fingerprint density at radius 1 is 0.839 bits per heavy atom. The number of hydrogen-bond donors (Lipinski definition) is 3. The van der Waals surface area contributed by atoms with Gasteiger partial charge in [-0.1, -0.05) is 13.3 Å². The summed E-state index contributed by atoms with van der Waals surface area (Å²) in [6, 6.07) is 0.273. The highest BCUT2D eigenvalue weighted by atomic mass is 16.3. The van der Waals surface area contributed by atoms with Crippen LogP contribution in [0, 0.1) is 0 Å². The van der Waals surface area contributed by atoms with Gasteiger partial charge in [0.2, 0.25) is 17.8 Å². The lowest BCUT2D eigenvalue weighted by atomic mass is 9.79. The summed E-state index contributed by atoms with van der Waals surface area (Å²) in [5.41, 5.74) is -0.00659. The number of aromatic nitrogens is 3. The summed E-state index contributed by atoms with van der Waals surface area (Å²) in [7, 11) is 0. The van der Waals surface area contributed by atoms with Gasteiger partial charge in [0.25, 0.3) is 0 Å². The maximum absolute atomic E-state index is 9.82. The molecule has 0 aliphatic carbocycles. The number of hydrogen-bond acceptors (Lipinski definition) is 9. The van der Waals surface area contributed by atoms with Crippen LogP contribution in [-0.4, -0.2) is 75.4 Å². The van der Waals surface area contributed by atoms with Gasteiger partial charge in [0, 0.05) is 36.8 Å². The number of nitrogens with one attached hydrogen (secondary N) is 1. The van der Waals surface area contributed by atoms with Crippen LogP contribution in [-0.2, 0) is 0 Å². The van der Waals surface area contributed by atoms with Crippen molar-refractivity contribution >= 4 is 17.8 Å². The van der Waals surface area contributed by atoms with Crippen LogP contribution in [0.3, 0.4) is 0 Å². The molecule has 178 valence electrons. The quantitative estimate of drug-likeness (QED) is 0.450. The van der Waals surface area contributed by atoms with Crippen LogP contribution in [0.2, 0.25) is 0 Å². The van der Waals surface area contributed by atoms with Crippen molar-refractivity contribution in [3.63, 3.8) is 0 Å². The molecule has 1 aromatic heterocycles. The molecule has 2 heterocycles. The normalized spacial score (nSPS) is 18.1. The third kappa shape index (κ3) is 6.63. The van der Waals surface area contributed by atoms with Crippen molar-refractivity contribution < 1.29 is 10.2 Å². The Morgan fingerprint density at radius 2 is 1.29 bits per heavy atom. The Bertz CT molecular complexity index is 644. The number of rotatable bonds is 11. The molecule has 9 heteroatoms. The molecule has 0 unspecified atom stereocenters. The smallest absolute Gasteiger partial charge is 0.233 e. The van der Waals surface area contributed by atoms with Crippen LogP contribution < -0.4 is 20.0 Å². The summed E-state index contributed by atoms with van der Waals surface area (Å²) < 4.78 is 0. The molecule has 1 aromatic rings. The molecule has 0 radical (unpaired) electrons. The summed E-state index contributed by atoms with van der Waals surface area (Å²) in [6.45, 7) is 16.7. The predicted octanol–water partition coefficient (Wildman–Crippen LogP) is 2.34. The van der Waals surface area contributed by atoms with Crippen LogP contribution in [0.1, 0.15) is 74.1 Å². The van der Waals surface area contributed by atoms with Gasteiger partial charge in [-0.3, -0.25) is 0 Å². The summed E-state index contributed by atoms with van der Waals surface area (Å²) in [6.07, 6.45) is 4.07. The number of piperidine rings is 1. The molecule has 0 saturated carbocycles. The lowest BCUT2D eigenvalue weighted by Gasteiger charge is -2.49. The van der Waals surface area contributed by atoms with Crippen LogP contribution in [0.4, 0.5) is 17.8 Å². The number of aliphatic hydroxyl groups excluding tert-OH is 2. The summed E-state index contributed by atoms with van der Waals surface area (Å²) in [5.74, 6) is 1.49. The highest BCUT2D eigenvalue weighted by molar-refractivity contribution is 5.47. The molecular weight excluding hydrogens is 394 g/mol. The van der Waals surface area contributed by atoms with Gasteiger partial charge in [-0.15, -0.1) is 0 Å². The largest absolute Gasteiger partial charge is 0.376 e. The minimum atomic E-state index is -0.174. The zero-order valence-electron chi connectivity index (χ0n) is 20.5. The lowest BCUT2D eigenvalue weighted by molar-refractivity contribution is 0.157. The first-order valence-corrected chi connectivity index (χ1v) is 11.6. The van der Waals surface area contributed by atoms with Crippen LogP contribution in [0.15, 0.2) is 0 Å². The molecular formula is C22H43N7O2. The molecule has 1 fully saturated rings. The second kappa shape index (κ2) is 10.7. The van der Waals surface area contributed by atoms with Crippen molar-refractivity contribution in [1.29, 1.82) is 0 Å². The Balaban J connectivity index is 2.55. The average Bonchev–Trinajstić information content (AvgIpc) is 2.68. The zero-order chi connectivity index (χ0) is 23.2. The van der Waals surface area contributed by atoms with E-state index in [9.17, 15) is 10.2 Å². The monoisotopic (exact) mass is 437 g/mol. The molecule has 9 nitrogen and oxygen atoms in total. The van der Waals surface area contributed by atoms with E-state index in [1.807, 2.05) is 13.8 Å². The molecule has 0 atom stereocenters. The van der Waals surface area contributed by atoms with Gasteiger partial charge in [0.15, 0.2) is 0 Å². The van der Waals surface area contributed by atoms with Gasteiger partial charge >= 0.3 is 0 Å². The fourth-order valence-corrected chi connectivity index (χ4v) is 4.63. The zero-order valence-corrected chi connectivity index (χ0v) is 20.5. The second-order valence-corrected chi connectivity index (χ2v) is 9.73. The van der Waals surface area contributed by atoms with E-state index in [0.29, 0.717) is 30.9 Å². The van der Waals surface area contributed by atoms with Gasteiger partial charge in [0.05, 0.1) is 0 Å². The molecule has 3 N–H and O–H groups in total. The molecule has 0 aromatic carbocycles. The van der Waals surface area contributed by atoms with Crippen molar-refractivity contribution in [1.82, 2.24) is 20.3 Å². The molecule has 31 heavy (non-hydrogen) atoms. The number of unbranched alkanes of at least 4 members (excludes halogenated alkanes) is 1. The molecule has 1 aliphatic rings. The van der Waals surface area contributed by atoms with Gasteiger partial charge in [-0.25, -0.2) is 0 Å². The van der Waals surface area contributed by atoms with Gasteiger partial charge in [-0.05, 0) is 60.8 Å². The van der Waals surface area contributed by atoms with Gasteiger partial charge in [0.1, 0.15) is 13.5 Å². The van der Waals surface area contributed by atoms with Crippen molar-refractivity contribution in [3.8, 4) is 0 Å². The van der Waals surface area contributed by atoms with Crippen molar-refractivity contribution in [2.45, 2.75) is 91.3 Å². The fourth-order valence-electron chi connectivity index (χ4n) is 4.63. The first-order chi connectivity index (χ1) is 14.6. The van der Waals surface area contributed by atoms with E-state index in [1.54, 1.807) is 9.80 Å². The fraction of sp³-hybridized carbons (Fsp3) is 0.864. The molecule has 0 bridgehead atoms. The number of nitrogens with zero attached hydrogens (tertiary/aromatic N) is 6. The standard InChI is InChI=1S/C22H43N7O2/c1-8-11-12-29(17-13-21(4,5)26-22(6,7)14-17)20-24-18(27(9-2)15-30)23-19(25-20)28(10-3)16-31/h17,26,30-31H,8-16H2,1-7H3. The van der Waals surface area contributed by atoms with Gasteiger partial charge in [-0.2, -0.15) is 15.0 Å². The minimum absolute atomic E-state index is 0.00330. The number of aliphatic hydroxyl groups is 2. The molecule has 1 saturated heterocycles. The topological polar surface area (TPSA) is 101 Å². The van der Waals surface area contributed by atoms with E-state index in [-0.39, 0.29) is 30.6 Å². The summed E-state index contributed by atoms with van der Waals surface area (Å²) >= 11 is 0.